The molecule has 0 spiro atoms. The van der Waals surface area contributed by atoms with Gasteiger partial charge < -0.3 is 10.8 Å². The Kier molecular flexibility index (Phi) is 3.04. The normalized spacial score (nSPS) is 13.6. The lowest BCUT2D eigenvalue weighted by Gasteiger charge is -2.27. The predicted molar refractivity (Wildman–Crippen MR) is 52.8 cm³/mol. The summed E-state index contributed by atoms with van der Waals surface area (Å²) in [5.74, 6) is -1.57. The van der Waals surface area contributed by atoms with Crippen LogP contribution < -0.4 is 5.73 Å². The molecule has 0 fully saturated rings. The molecule has 1 atom stereocenters. The number of carboxylic acids is 1. The van der Waals surface area contributed by atoms with Crippen LogP contribution in [0, 0.1) is 5.82 Å². The lowest BCUT2D eigenvalue weighted by atomic mass is 9.81. The van der Waals surface area contributed by atoms with Crippen molar-refractivity contribution in [2.24, 2.45) is 5.73 Å². The highest BCUT2D eigenvalue weighted by Crippen LogP contribution is 2.24. The molecule has 5 heteroatoms. The quantitative estimate of drug-likeness (QED) is 0.780. The molecule has 0 aliphatic rings. The van der Waals surface area contributed by atoms with E-state index in [-0.39, 0.29) is 0 Å². The Bertz CT molecular complexity index is 362. The highest BCUT2D eigenvalue weighted by molar-refractivity contribution is 5.75. The van der Waals surface area contributed by atoms with Gasteiger partial charge in [0.1, 0.15) is 11.9 Å². The lowest BCUT2D eigenvalue weighted by Crippen LogP contribution is -2.47. The van der Waals surface area contributed by atoms with Crippen molar-refractivity contribution in [2.45, 2.75) is 25.3 Å². The average Bonchev–Trinajstić information content (AvgIpc) is 2.17. The van der Waals surface area contributed by atoms with Gasteiger partial charge in [-0.15, -0.1) is 0 Å². The molecule has 1 aromatic heterocycles. The maximum absolute atomic E-state index is 12.6. The van der Waals surface area contributed by atoms with Gasteiger partial charge in [0.15, 0.2) is 0 Å². The summed E-state index contributed by atoms with van der Waals surface area (Å²) < 4.78 is 12.6. The van der Waals surface area contributed by atoms with Gasteiger partial charge >= 0.3 is 5.97 Å². The zero-order valence-corrected chi connectivity index (χ0v) is 8.57. The third kappa shape index (κ3) is 2.30. The van der Waals surface area contributed by atoms with Gasteiger partial charge in [-0.1, -0.05) is 13.8 Å². The van der Waals surface area contributed by atoms with Gasteiger partial charge in [0.05, 0.1) is 6.20 Å². The fourth-order valence-electron chi connectivity index (χ4n) is 1.22. The number of nitrogens with two attached hydrogens (primary N) is 1. The Morgan fingerprint density at radius 1 is 1.60 bits per heavy atom. The van der Waals surface area contributed by atoms with E-state index in [1.165, 1.54) is 12.1 Å². The molecule has 3 N–H and O–H groups in total. The maximum atomic E-state index is 12.6. The van der Waals surface area contributed by atoms with Crippen molar-refractivity contribution in [1.29, 1.82) is 0 Å². The molecule has 0 aliphatic carbocycles. The molecule has 0 bridgehead atoms. The number of pyridine rings is 1. The molecule has 82 valence electrons. The molecule has 15 heavy (non-hydrogen) atoms. The summed E-state index contributed by atoms with van der Waals surface area (Å²) in [6.07, 6.45) is 1.05. The van der Waals surface area contributed by atoms with Crippen molar-refractivity contribution in [3.63, 3.8) is 0 Å². The number of halogens is 1. The van der Waals surface area contributed by atoms with Crippen LogP contribution in [-0.2, 0) is 10.2 Å². The van der Waals surface area contributed by atoms with E-state index in [9.17, 15) is 9.18 Å². The van der Waals surface area contributed by atoms with Gasteiger partial charge in [-0.25, -0.2) is 4.39 Å². The van der Waals surface area contributed by atoms with Gasteiger partial charge in [0.2, 0.25) is 0 Å². The Morgan fingerprint density at radius 3 is 2.60 bits per heavy atom. The van der Waals surface area contributed by atoms with E-state index in [0.29, 0.717) is 5.69 Å². The first-order valence-electron chi connectivity index (χ1n) is 4.46. The van der Waals surface area contributed by atoms with Gasteiger partial charge in [-0.05, 0) is 12.1 Å². The van der Waals surface area contributed by atoms with Gasteiger partial charge in [0, 0.05) is 11.1 Å². The van der Waals surface area contributed by atoms with Crippen LogP contribution in [0.15, 0.2) is 18.3 Å². The van der Waals surface area contributed by atoms with Crippen molar-refractivity contribution in [2.75, 3.05) is 0 Å². The minimum Gasteiger partial charge on any atom is -0.480 e. The van der Waals surface area contributed by atoms with E-state index < -0.39 is 23.2 Å². The van der Waals surface area contributed by atoms with E-state index in [2.05, 4.69) is 4.98 Å². The van der Waals surface area contributed by atoms with E-state index in [4.69, 9.17) is 10.8 Å². The van der Waals surface area contributed by atoms with Gasteiger partial charge in [0.25, 0.3) is 0 Å². The number of hydrogen-bond acceptors (Lipinski definition) is 3. The minimum absolute atomic E-state index is 0.457. The van der Waals surface area contributed by atoms with Crippen molar-refractivity contribution < 1.29 is 14.3 Å². The zero-order valence-electron chi connectivity index (χ0n) is 8.57. The summed E-state index contributed by atoms with van der Waals surface area (Å²) in [6.45, 7) is 3.32. The Hall–Kier alpha value is -1.49. The van der Waals surface area contributed by atoms with Gasteiger partial charge in [-0.2, -0.15) is 0 Å². The molecule has 1 aromatic rings. The number of carboxylic acid groups (broad SMARTS) is 1. The molecule has 4 nitrogen and oxygen atoms in total. The molecule has 1 heterocycles. The number of aliphatic carboxylic acids is 1. The molecule has 0 saturated heterocycles. The van der Waals surface area contributed by atoms with Crippen LogP contribution in [0.2, 0.25) is 0 Å². The Labute approximate surface area is 86.9 Å². The summed E-state index contributed by atoms with van der Waals surface area (Å²) in [5.41, 5.74) is 5.15. The smallest absolute Gasteiger partial charge is 0.321 e. The number of rotatable bonds is 3. The monoisotopic (exact) mass is 212 g/mol. The second kappa shape index (κ2) is 3.94. The second-order valence-corrected chi connectivity index (χ2v) is 3.90. The highest BCUT2D eigenvalue weighted by atomic mass is 19.1. The highest BCUT2D eigenvalue weighted by Gasteiger charge is 2.34. The molecule has 0 aromatic carbocycles. The SMILES string of the molecule is CC(C)(c1ccc(F)cn1)C(N)C(=O)O. The van der Waals surface area contributed by atoms with Crippen molar-refractivity contribution in [1.82, 2.24) is 4.98 Å². The first kappa shape index (κ1) is 11.6. The van der Waals surface area contributed by atoms with Crippen LogP contribution in [0.4, 0.5) is 4.39 Å². The van der Waals surface area contributed by atoms with Gasteiger partial charge in [-0.3, -0.25) is 9.78 Å². The fraction of sp³-hybridized carbons (Fsp3) is 0.400. The Balaban J connectivity index is 3.05. The minimum atomic E-state index is -1.11. The number of nitrogens with zero attached hydrogens (tertiary/aromatic N) is 1. The summed E-state index contributed by atoms with van der Waals surface area (Å²) in [4.78, 5) is 14.6. The molecule has 0 radical (unpaired) electrons. The van der Waals surface area contributed by atoms with E-state index in [0.717, 1.165) is 6.20 Å². The topological polar surface area (TPSA) is 76.2 Å². The number of hydrogen-bond donors (Lipinski definition) is 2. The van der Waals surface area contributed by atoms with Crippen LogP contribution in [0.1, 0.15) is 19.5 Å². The average molecular weight is 212 g/mol. The van der Waals surface area contributed by atoms with E-state index in [1.54, 1.807) is 13.8 Å². The van der Waals surface area contributed by atoms with Crippen molar-refractivity contribution in [3.8, 4) is 0 Å². The molecule has 1 unspecified atom stereocenters. The third-order valence-corrected chi connectivity index (χ3v) is 2.43. The van der Waals surface area contributed by atoms with Crippen LogP contribution >= 0.6 is 0 Å². The second-order valence-electron chi connectivity index (χ2n) is 3.90. The standard InChI is InChI=1S/C10H13FN2O2/c1-10(2,8(12)9(14)15)7-4-3-6(11)5-13-7/h3-5,8H,12H2,1-2H3,(H,14,15). The number of aromatic nitrogens is 1. The van der Waals surface area contributed by atoms with Crippen LogP contribution in [0.5, 0.6) is 0 Å². The maximum Gasteiger partial charge on any atom is 0.321 e. The predicted octanol–water partition coefficient (Wildman–Crippen LogP) is 0.910. The molecule has 0 aliphatic heterocycles. The van der Waals surface area contributed by atoms with Crippen LogP contribution in [0.25, 0.3) is 0 Å². The van der Waals surface area contributed by atoms with Crippen LogP contribution in [0.3, 0.4) is 0 Å². The van der Waals surface area contributed by atoms with Crippen LogP contribution in [-0.4, -0.2) is 22.1 Å². The van der Waals surface area contributed by atoms with E-state index >= 15 is 0 Å². The summed E-state index contributed by atoms with van der Waals surface area (Å²) in [5, 5.41) is 8.81. The van der Waals surface area contributed by atoms with Crippen molar-refractivity contribution in [3.05, 3.63) is 29.8 Å². The third-order valence-electron chi connectivity index (χ3n) is 2.43. The molecule has 0 saturated carbocycles. The summed E-state index contributed by atoms with van der Waals surface area (Å²) in [7, 11) is 0. The zero-order chi connectivity index (χ0) is 11.6. The Morgan fingerprint density at radius 2 is 2.20 bits per heavy atom. The lowest BCUT2D eigenvalue weighted by molar-refractivity contribution is -0.140. The fourth-order valence-corrected chi connectivity index (χ4v) is 1.22. The van der Waals surface area contributed by atoms with E-state index in [1.807, 2.05) is 0 Å². The largest absolute Gasteiger partial charge is 0.480 e. The summed E-state index contributed by atoms with van der Waals surface area (Å²) >= 11 is 0. The molecular weight excluding hydrogens is 199 g/mol. The molecular formula is C10H13FN2O2. The first-order chi connectivity index (χ1) is 6.85. The first-order valence-corrected chi connectivity index (χ1v) is 4.46. The molecule has 0 amide bonds. The van der Waals surface area contributed by atoms with Crippen molar-refractivity contribution >= 4 is 5.97 Å². The number of carbonyl (C=O) groups is 1. The molecule has 1 rings (SSSR count). The summed E-state index contributed by atoms with van der Waals surface area (Å²) in [6, 6.07) is 1.60.